The maximum Gasteiger partial charge on any atom is 0.288 e. The van der Waals surface area contributed by atoms with Gasteiger partial charge in [0.1, 0.15) is 10.8 Å². The van der Waals surface area contributed by atoms with E-state index in [0.717, 1.165) is 64.9 Å². The fraction of sp³-hybridized carbons (Fsp3) is 0.0874. The first-order valence-electron chi connectivity index (χ1n) is 43.3. The Morgan fingerprint density at radius 3 is 1.04 bits per heavy atom. The average molecular weight is 2030 g/mol. The van der Waals surface area contributed by atoms with Gasteiger partial charge >= 0.3 is 0 Å². The lowest BCUT2D eigenvalue weighted by atomic mass is 10.0. The van der Waals surface area contributed by atoms with Gasteiger partial charge in [0.2, 0.25) is 34.0 Å². The summed E-state index contributed by atoms with van der Waals surface area (Å²) in [6, 6.07) is 48.3. The number of carbonyl (C=O) groups excluding carboxylic acids is 5. The number of nitro benzene ring substituents is 2. The summed E-state index contributed by atoms with van der Waals surface area (Å²) < 4.78 is 75.8. The van der Waals surface area contributed by atoms with Gasteiger partial charge in [0.15, 0.2) is 111 Å². The van der Waals surface area contributed by atoms with Crippen molar-refractivity contribution in [1.29, 1.82) is 0 Å². The molecule has 0 aliphatic carbocycles. The molecule has 33 nitrogen and oxygen atoms in total. The number of thiazole rings is 5. The van der Waals surface area contributed by atoms with Crippen LogP contribution in [0, 0.1) is 39.9 Å². The fourth-order valence-corrected chi connectivity index (χ4v) is 19.6. The Hall–Kier alpha value is -17.2. The molecule has 40 heteroatoms. The molecule has 0 saturated heterocycles. The number of halogens is 2. The van der Waals surface area contributed by atoms with Crippen LogP contribution >= 0.6 is 68.3 Å². The summed E-state index contributed by atoms with van der Waals surface area (Å²) in [5.74, 6) is 4.82. The zero-order valence-corrected chi connectivity index (χ0v) is 79.3. The van der Waals surface area contributed by atoms with Crippen molar-refractivity contribution in [2.45, 2.75) is 27.1 Å². The SMILES string of the molecule is Cc1cn2c(/C=C/C(=O)c3ccc4c(c3)OCO4)c(-c3ccc(CO)cc3)nc2s1.Cc1nc2sccn2c1/C=C/C(=O)c1ccc2c(c1)OCO2.O=C(/C=C/c1c(-c2ccc(CO)c([N+](=O)[O-])c2)nc2sccn12)c1ccc2c(c1)OCO2.O=C(/C=C/c1c(-c2ccc(Cl)c([N+](=O)[O-])c2)nc2sccn12)c1ccc2c(c1)OCO2.O=C(/C=C/c1c(-c2ccc(F)cc2)nc2sccn12)c1ccc2c(c1)OCO2. The molecule has 24 rings (SSSR count). The highest BCUT2D eigenvalue weighted by atomic mass is 35.5. The molecule has 0 unspecified atom stereocenters. The first kappa shape index (κ1) is 93.5. The van der Waals surface area contributed by atoms with Gasteiger partial charge in [0, 0.05) is 120 Å². The molecule has 0 saturated carbocycles. The molecule has 143 heavy (non-hydrogen) atoms. The summed E-state index contributed by atoms with van der Waals surface area (Å²) in [4.78, 5) is 113. The van der Waals surface area contributed by atoms with Crippen LogP contribution in [-0.2, 0) is 13.2 Å². The minimum atomic E-state index is -0.539. The van der Waals surface area contributed by atoms with Crippen molar-refractivity contribution in [2.75, 3.05) is 34.0 Å². The van der Waals surface area contributed by atoms with Crippen LogP contribution in [0.2, 0.25) is 5.02 Å². The third-order valence-corrected chi connectivity index (χ3v) is 27.0. The predicted octanol–water partition coefficient (Wildman–Crippen LogP) is 22.0. The number of fused-ring (bicyclic) bond motifs is 10. The van der Waals surface area contributed by atoms with Crippen LogP contribution in [0.15, 0.2) is 259 Å². The number of ketones is 5. The highest BCUT2D eigenvalue weighted by Gasteiger charge is 2.27. The van der Waals surface area contributed by atoms with Gasteiger partial charge in [0.05, 0.1) is 85.6 Å². The summed E-state index contributed by atoms with van der Waals surface area (Å²) in [6.45, 7) is 4.31. The van der Waals surface area contributed by atoms with E-state index in [1.54, 1.807) is 180 Å². The maximum atomic E-state index is 13.3. The van der Waals surface area contributed by atoms with Crippen LogP contribution in [-0.4, -0.2) is 130 Å². The number of hydrogen-bond acceptors (Lipinski definition) is 31. The molecule has 0 spiro atoms. The summed E-state index contributed by atoms with van der Waals surface area (Å²) in [5, 5.41) is 49.1. The normalized spacial score (nSPS) is 12.9. The van der Waals surface area contributed by atoms with Gasteiger partial charge in [0.25, 0.3) is 11.4 Å². The van der Waals surface area contributed by atoms with Crippen LogP contribution in [0.1, 0.15) is 102 Å². The molecular weight excluding hydrogens is 1960 g/mol. The van der Waals surface area contributed by atoms with E-state index in [0.29, 0.717) is 135 Å². The van der Waals surface area contributed by atoms with Gasteiger partial charge in [-0.15, -0.1) is 56.7 Å². The number of aliphatic hydroxyl groups is 2. The number of rotatable bonds is 23. The van der Waals surface area contributed by atoms with E-state index in [-0.39, 0.29) is 97.3 Å². The van der Waals surface area contributed by atoms with Gasteiger partial charge < -0.3 is 57.6 Å². The standard InChI is InChI=1S/C23H18N2O4S.C22H15N3O6S.C21H12ClN3O5S.C21H13FN2O3S.C16H12N2O3S/c1-14-11-25-18(7-8-19(27)17-6-9-20-21(10-17)29-13-28-20)22(24-23(25)30-14)16-4-2-15(12-26)3-5-16;26-11-15-2-1-14(9-17(15)25(28)29)21-16(24-7-8-32-22(24)23-21)4-5-18(27)13-3-6-19-20(10-13)31-12-30-19;22-14-3-1-13(9-16(14)25(27)28)20-15(24-7-8-31-21(24)23-20)4-5-17(26)12-2-6-18-19(10-12)30-11-29-18;22-15-4-1-13(2-5-15)20-16(24-9-10-28-21(24)23-20)6-7-17(25)14-3-8-18-19(11-14)27-12-26-18;1-10-12(18-6-7-22-16(18)17-10)3-4-13(19)11-2-5-14-15(8-11)21-9-20-14/h2-11,26H,12-13H2,1H3;1-10,26H,11-12H2;1-10H,11H2;1-11H,12H2;2-8H,9H2,1H3/b8-7+;2*5-4+;7-6+;4-3+. The summed E-state index contributed by atoms with van der Waals surface area (Å²) in [7, 11) is 0. The number of nitro groups is 2. The molecule has 0 bridgehead atoms. The van der Waals surface area contributed by atoms with E-state index < -0.39 is 16.5 Å². The first-order chi connectivity index (χ1) is 69.6. The van der Waals surface area contributed by atoms with Crippen LogP contribution in [0.25, 0.3) is 100 Å². The van der Waals surface area contributed by atoms with Gasteiger partial charge in [-0.2, -0.15) is 0 Å². The second kappa shape index (κ2) is 40.7. The highest BCUT2D eigenvalue weighted by molar-refractivity contribution is 7.17. The fourth-order valence-electron chi connectivity index (χ4n) is 15.7. The van der Waals surface area contributed by atoms with E-state index in [1.807, 2.05) is 113 Å². The number of carbonyl (C=O) groups is 5. The molecule has 10 aromatic heterocycles. The number of imidazole rings is 5. The molecule has 9 aromatic carbocycles. The van der Waals surface area contributed by atoms with E-state index >= 15 is 0 Å². The number of aryl methyl sites for hydroxylation is 2. The molecule has 0 radical (unpaired) electrons. The van der Waals surface area contributed by atoms with Crippen molar-refractivity contribution in [3.63, 3.8) is 0 Å². The monoisotopic (exact) mass is 2020 g/mol. The van der Waals surface area contributed by atoms with Crippen molar-refractivity contribution < 1.29 is 95.8 Å². The molecule has 0 atom stereocenters. The predicted molar refractivity (Wildman–Crippen MR) is 536 cm³/mol. The van der Waals surface area contributed by atoms with Crippen molar-refractivity contribution in [3.05, 3.63) is 368 Å². The molecular formula is C103H70ClFN12O21S5. The van der Waals surface area contributed by atoms with Crippen LogP contribution in [0.3, 0.4) is 0 Å². The zero-order chi connectivity index (χ0) is 98.6. The summed E-state index contributed by atoms with van der Waals surface area (Å²) in [6.07, 6.45) is 25.6. The molecule has 15 heterocycles. The van der Waals surface area contributed by atoms with Gasteiger partial charge in [-0.25, -0.2) is 29.3 Å². The van der Waals surface area contributed by atoms with E-state index in [4.69, 9.17) is 64.0 Å². The number of ether oxygens (including phenoxy) is 10. The largest absolute Gasteiger partial charge is 0.454 e. The van der Waals surface area contributed by atoms with Crippen LogP contribution < -0.4 is 47.4 Å². The maximum absolute atomic E-state index is 13.3. The Bertz CT molecular complexity index is 8460. The number of aromatic nitrogens is 10. The summed E-state index contributed by atoms with van der Waals surface area (Å²) in [5.41, 5.74) is 13.1. The van der Waals surface area contributed by atoms with Crippen molar-refractivity contribution in [3.8, 4) is 103 Å². The van der Waals surface area contributed by atoms with Gasteiger partial charge in [-0.3, -0.25) is 66.2 Å². The summed E-state index contributed by atoms with van der Waals surface area (Å²) >= 11 is 13.4. The lowest BCUT2D eigenvalue weighted by molar-refractivity contribution is -0.385. The lowest BCUT2D eigenvalue weighted by Crippen LogP contribution is -1.97. The Morgan fingerprint density at radius 1 is 0.371 bits per heavy atom. The third kappa shape index (κ3) is 19.7. The van der Waals surface area contributed by atoms with Crippen LogP contribution in [0.5, 0.6) is 57.5 Å². The quantitative estimate of drug-likeness (QED) is 0.0260. The second-order valence-corrected chi connectivity index (χ2v) is 36.7. The minimum Gasteiger partial charge on any atom is -0.454 e. The molecule has 5 aliphatic heterocycles. The Morgan fingerprint density at radius 2 is 0.678 bits per heavy atom. The Kier molecular flexibility index (Phi) is 26.6. The highest BCUT2D eigenvalue weighted by Crippen LogP contribution is 2.42. The van der Waals surface area contributed by atoms with Gasteiger partial charge in [-0.1, -0.05) is 48.0 Å². The number of benzene rings is 9. The smallest absolute Gasteiger partial charge is 0.288 e. The number of allylic oxidation sites excluding steroid dienone is 5. The number of hydrogen-bond donors (Lipinski definition) is 2. The van der Waals surface area contributed by atoms with Crippen molar-refractivity contribution in [2.24, 2.45) is 0 Å². The Balaban J connectivity index is 0.000000110. The van der Waals surface area contributed by atoms with E-state index in [9.17, 15) is 58.8 Å². The molecule has 19 aromatic rings. The number of aliphatic hydroxyl groups excluding tert-OH is 2. The van der Waals surface area contributed by atoms with Crippen molar-refractivity contribution in [1.82, 2.24) is 46.9 Å². The first-order valence-corrected chi connectivity index (χ1v) is 48.0. The van der Waals surface area contributed by atoms with Crippen LogP contribution in [0.4, 0.5) is 15.8 Å². The molecule has 0 amide bonds. The zero-order valence-electron chi connectivity index (χ0n) is 74.5. The van der Waals surface area contributed by atoms with E-state index in [2.05, 4.69) is 19.9 Å². The molecule has 0 fully saturated rings. The molecule has 712 valence electrons. The Labute approximate surface area is 832 Å². The van der Waals surface area contributed by atoms with Crippen molar-refractivity contribution >= 4 is 164 Å². The topological polar surface area (TPSA) is 391 Å². The van der Waals surface area contributed by atoms with E-state index in [1.165, 1.54) is 88.6 Å². The molecule has 5 aliphatic rings. The van der Waals surface area contributed by atoms with Gasteiger partial charge in [-0.05, 0) is 208 Å². The third-order valence-electron chi connectivity index (χ3n) is 22.8. The average Bonchev–Trinajstić information content (AvgIpc) is 1.63. The lowest BCUT2D eigenvalue weighted by Gasteiger charge is -2.04. The second-order valence-electron chi connectivity index (χ2n) is 31.6. The molecule has 2 N–H and O–H groups in total. The number of nitrogens with zero attached hydrogens (tertiary/aromatic N) is 12. The minimum absolute atomic E-state index is 0.00541.